The van der Waals surface area contributed by atoms with Crippen LogP contribution in [0.5, 0.6) is 0 Å². The highest BCUT2D eigenvalue weighted by Crippen LogP contribution is 2.12. The van der Waals surface area contributed by atoms with E-state index in [1.807, 2.05) is 12.1 Å². The number of aryl methyl sites for hydroxylation is 1. The highest BCUT2D eigenvalue weighted by Gasteiger charge is 2.21. The number of ether oxygens (including phenoxy) is 1. The summed E-state index contributed by atoms with van der Waals surface area (Å²) in [5.74, 6) is -0.224. The molecule has 1 unspecified atom stereocenters. The molecule has 154 valence electrons. The van der Waals surface area contributed by atoms with Gasteiger partial charge in [-0.2, -0.15) is 0 Å². The maximum absolute atomic E-state index is 12.5. The van der Waals surface area contributed by atoms with Gasteiger partial charge in [0.25, 0.3) is 5.91 Å². The third-order valence-electron chi connectivity index (χ3n) is 4.93. The van der Waals surface area contributed by atoms with Crippen LogP contribution in [0.25, 0.3) is 0 Å². The molecule has 6 nitrogen and oxygen atoms in total. The summed E-state index contributed by atoms with van der Waals surface area (Å²) in [6, 6.07) is 15.8. The number of nitrogens with zero attached hydrogens (tertiary/aromatic N) is 1. The van der Waals surface area contributed by atoms with Crippen molar-refractivity contribution < 1.29 is 14.3 Å². The van der Waals surface area contributed by atoms with Crippen LogP contribution in [-0.4, -0.2) is 49.1 Å². The van der Waals surface area contributed by atoms with E-state index < -0.39 is 0 Å². The first-order valence-electron chi connectivity index (χ1n) is 10.0. The molecule has 1 heterocycles. The standard InChI is InChI=1S/C23H29N3O3/c1-17-5-3-7-20(11-17)15-26-9-10-29-22(16-26)14-25-23(28)21-8-4-6-19(12-21)13-24-18(2)27/h3-8,11-12,22H,9-10,13-16H2,1-2H3,(H,24,27)(H,25,28). The Bertz CT molecular complexity index is 853. The zero-order chi connectivity index (χ0) is 20.6. The Morgan fingerprint density at radius 3 is 2.69 bits per heavy atom. The molecule has 2 amide bonds. The van der Waals surface area contributed by atoms with Crippen molar-refractivity contribution in [3.05, 3.63) is 70.8 Å². The Labute approximate surface area is 172 Å². The first-order chi connectivity index (χ1) is 14.0. The zero-order valence-electron chi connectivity index (χ0n) is 17.1. The Hall–Kier alpha value is -2.70. The molecule has 2 N–H and O–H groups in total. The monoisotopic (exact) mass is 395 g/mol. The molecular formula is C23H29N3O3. The van der Waals surface area contributed by atoms with Crippen LogP contribution in [0.4, 0.5) is 0 Å². The van der Waals surface area contributed by atoms with Crippen molar-refractivity contribution >= 4 is 11.8 Å². The van der Waals surface area contributed by atoms with Gasteiger partial charge >= 0.3 is 0 Å². The van der Waals surface area contributed by atoms with Crippen LogP contribution in [0, 0.1) is 6.92 Å². The molecule has 1 aliphatic heterocycles. The van der Waals surface area contributed by atoms with Gasteiger partial charge in [-0.05, 0) is 30.2 Å². The number of rotatable bonds is 7. The van der Waals surface area contributed by atoms with Gasteiger partial charge in [0, 0.05) is 45.2 Å². The Kier molecular flexibility index (Phi) is 7.38. The fraction of sp³-hybridized carbons (Fsp3) is 0.391. The molecular weight excluding hydrogens is 366 g/mol. The van der Waals surface area contributed by atoms with Crippen molar-refractivity contribution in [2.75, 3.05) is 26.2 Å². The number of amides is 2. The van der Waals surface area contributed by atoms with Crippen LogP contribution < -0.4 is 10.6 Å². The molecule has 0 radical (unpaired) electrons. The molecule has 6 heteroatoms. The summed E-state index contributed by atoms with van der Waals surface area (Å²) < 4.78 is 5.84. The van der Waals surface area contributed by atoms with Crippen molar-refractivity contribution in [2.24, 2.45) is 0 Å². The lowest BCUT2D eigenvalue weighted by Gasteiger charge is -2.33. The van der Waals surface area contributed by atoms with Gasteiger partial charge in [-0.3, -0.25) is 14.5 Å². The summed E-state index contributed by atoms with van der Waals surface area (Å²) in [4.78, 5) is 25.9. The van der Waals surface area contributed by atoms with Gasteiger partial charge in [0.05, 0.1) is 12.7 Å². The van der Waals surface area contributed by atoms with E-state index in [9.17, 15) is 9.59 Å². The van der Waals surface area contributed by atoms with E-state index >= 15 is 0 Å². The van der Waals surface area contributed by atoms with E-state index in [-0.39, 0.29) is 17.9 Å². The highest BCUT2D eigenvalue weighted by molar-refractivity contribution is 5.94. The van der Waals surface area contributed by atoms with E-state index in [2.05, 4.69) is 46.7 Å². The average Bonchev–Trinajstić information content (AvgIpc) is 2.71. The van der Waals surface area contributed by atoms with Gasteiger partial charge < -0.3 is 15.4 Å². The Morgan fingerprint density at radius 1 is 1.10 bits per heavy atom. The van der Waals surface area contributed by atoms with E-state index in [0.29, 0.717) is 25.3 Å². The van der Waals surface area contributed by atoms with Gasteiger partial charge in [-0.15, -0.1) is 0 Å². The molecule has 1 fully saturated rings. The predicted molar refractivity (Wildman–Crippen MR) is 112 cm³/mol. The summed E-state index contributed by atoms with van der Waals surface area (Å²) >= 11 is 0. The summed E-state index contributed by atoms with van der Waals surface area (Å²) in [7, 11) is 0. The van der Waals surface area contributed by atoms with Crippen LogP contribution in [0.3, 0.4) is 0 Å². The van der Waals surface area contributed by atoms with Crippen molar-refractivity contribution in [3.63, 3.8) is 0 Å². The number of nitrogens with one attached hydrogen (secondary N) is 2. The second-order valence-electron chi connectivity index (χ2n) is 7.54. The first kappa shape index (κ1) is 21.0. The second kappa shape index (κ2) is 10.2. The molecule has 29 heavy (non-hydrogen) atoms. The van der Waals surface area contributed by atoms with Crippen molar-refractivity contribution in [3.8, 4) is 0 Å². The van der Waals surface area contributed by atoms with E-state index in [1.54, 1.807) is 12.1 Å². The quantitative estimate of drug-likeness (QED) is 0.755. The first-order valence-corrected chi connectivity index (χ1v) is 10.0. The lowest BCUT2D eigenvalue weighted by molar-refractivity contribution is -0.119. The van der Waals surface area contributed by atoms with E-state index in [0.717, 1.165) is 25.2 Å². The van der Waals surface area contributed by atoms with Gasteiger partial charge in [0.1, 0.15) is 0 Å². The maximum Gasteiger partial charge on any atom is 0.251 e. The summed E-state index contributed by atoms with van der Waals surface area (Å²) in [5.41, 5.74) is 4.04. The predicted octanol–water partition coefficient (Wildman–Crippen LogP) is 2.26. The number of benzene rings is 2. The second-order valence-corrected chi connectivity index (χ2v) is 7.54. The zero-order valence-corrected chi connectivity index (χ0v) is 17.1. The van der Waals surface area contributed by atoms with Crippen molar-refractivity contribution in [1.82, 2.24) is 15.5 Å². The molecule has 2 aromatic carbocycles. The van der Waals surface area contributed by atoms with E-state index in [1.165, 1.54) is 18.1 Å². The number of hydrogen-bond donors (Lipinski definition) is 2. The minimum Gasteiger partial charge on any atom is -0.374 e. The van der Waals surface area contributed by atoms with Crippen molar-refractivity contribution in [2.45, 2.75) is 33.0 Å². The summed E-state index contributed by atoms with van der Waals surface area (Å²) in [6.07, 6.45) is -0.0277. The third kappa shape index (κ3) is 6.69. The van der Waals surface area contributed by atoms with Gasteiger partial charge in [0.2, 0.25) is 5.91 Å². The van der Waals surface area contributed by atoms with Gasteiger partial charge in [-0.25, -0.2) is 0 Å². The van der Waals surface area contributed by atoms with Crippen LogP contribution in [-0.2, 0) is 22.6 Å². The number of morpholine rings is 1. The SMILES string of the molecule is CC(=O)NCc1cccc(C(=O)NCC2CN(Cc3cccc(C)c3)CCO2)c1. The number of hydrogen-bond acceptors (Lipinski definition) is 4. The van der Waals surface area contributed by atoms with Crippen LogP contribution in [0.15, 0.2) is 48.5 Å². The summed E-state index contributed by atoms with van der Waals surface area (Å²) in [5, 5.41) is 5.72. The van der Waals surface area contributed by atoms with Crippen LogP contribution >= 0.6 is 0 Å². The van der Waals surface area contributed by atoms with Crippen molar-refractivity contribution in [1.29, 1.82) is 0 Å². The van der Waals surface area contributed by atoms with Crippen LogP contribution in [0.2, 0.25) is 0 Å². The molecule has 1 aliphatic rings. The Balaban J connectivity index is 1.49. The number of carbonyl (C=O) groups is 2. The molecule has 0 aromatic heterocycles. The highest BCUT2D eigenvalue weighted by atomic mass is 16.5. The molecule has 3 rings (SSSR count). The van der Waals surface area contributed by atoms with Gasteiger partial charge in [0.15, 0.2) is 0 Å². The fourth-order valence-corrected chi connectivity index (χ4v) is 3.47. The molecule has 0 aliphatic carbocycles. The van der Waals surface area contributed by atoms with Gasteiger partial charge in [-0.1, -0.05) is 42.0 Å². The molecule has 0 saturated carbocycles. The van der Waals surface area contributed by atoms with E-state index in [4.69, 9.17) is 4.74 Å². The topological polar surface area (TPSA) is 70.7 Å². The average molecular weight is 396 g/mol. The minimum atomic E-state index is -0.130. The largest absolute Gasteiger partial charge is 0.374 e. The lowest BCUT2D eigenvalue weighted by atomic mass is 10.1. The van der Waals surface area contributed by atoms with Crippen LogP contribution in [0.1, 0.15) is 34.0 Å². The lowest BCUT2D eigenvalue weighted by Crippen LogP contribution is -2.47. The molecule has 1 saturated heterocycles. The summed E-state index contributed by atoms with van der Waals surface area (Å²) in [6.45, 7) is 7.70. The molecule has 1 atom stereocenters. The Morgan fingerprint density at radius 2 is 1.90 bits per heavy atom. The normalized spacial score (nSPS) is 17.0. The third-order valence-corrected chi connectivity index (χ3v) is 4.93. The minimum absolute atomic E-state index is 0.0277. The smallest absolute Gasteiger partial charge is 0.251 e. The maximum atomic E-state index is 12.5. The fourth-order valence-electron chi connectivity index (χ4n) is 3.47. The molecule has 2 aromatic rings. The molecule has 0 spiro atoms. The molecule has 0 bridgehead atoms. The number of carbonyl (C=O) groups excluding carboxylic acids is 2.